The molecule has 4 aliphatic heterocycles. The minimum atomic E-state index is -2.16. The van der Waals surface area contributed by atoms with Gasteiger partial charge in [0.2, 0.25) is 59.1 Å². The Morgan fingerprint density at radius 1 is 0.753 bits per heavy atom. The van der Waals surface area contributed by atoms with Crippen molar-refractivity contribution in [1.82, 2.24) is 68.6 Å². The van der Waals surface area contributed by atoms with Gasteiger partial charge in [0, 0.05) is 38.4 Å². The summed E-state index contributed by atoms with van der Waals surface area (Å²) in [5, 5.41) is 99.8. The van der Waals surface area contributed by atoms with Crippen molar-refractivity contribution in [3.05, 3.63) is 0 Å². The molecule has 0 aromatic carbocycles. The Hall–Kier alpha value is -7.78. The molecule has 1 aliphatic carbocycles. The van der Waals surface area contributed by atoms with Gasteiger partial charge in [0.15, 0.2) is 12.2 Å². The maximum Gasteiger partial charge on any atom is 0.279 e. The fourth-order valence-electron chi connectivity index (χ4n) is 10.7. The Kier molecular flexibility index (Phi) is 25.1. The number of hydrogen-bond acceptors (Lipinski definition) is 23. The molecular weight excluding hydrogens is 1130 g/mol. The fraction of sp³-hybridized carbons (Fsp3) is 0.708. The molecule has 0 radical (unpaired) electrons. The molecule has 37 nitrogen and oxygen atoms in total. The van der Waals surface area contributed by atoms with Crippen LogP contribution in [0, 0.1) is 5.92 Å². The lowest BCUT2D eigenvalue weighted by atomic mass is 9.72. The number of nitrogens with two attached hydrogens (primary N) is 2. The second-order valence-corrected chi connectivity index (χ2v) is 21.3. The zero-order chi connectivity index (χ0) is 63.0. The number of carbonyl (C=O) groups is 13. The first-order valence-electron chi connectivity index (χ1n) is 27.5. The van der Waals surface area contributed by atoms with Crippen LogP contribution in [0.1, 0.15) is 71.6 Å². The number of hydroxylamine groups is 4. The minimum absolute atomic E-state index is 0.00207. The predicted octanol–water partition coefficient (Wildman–Crippen LogP) is -13.8. The van der Waals surface area contributed by atoms with E-state index in [1.54, 1.807) is 0 Å². The highest BCUT2D eigenvalue weighted by molar-refractivity contribution is 5.99. The zero-order valence-electron chi connectivity index (χ0n) is 46.6. The van der Waals surface area contributed by atoms with Gasteiger partial charge in [0.25, 0.3) is 17.7 Å². The number of nitrogens with one attached hydrogen (secondary N) is 12. The van der Waals surface area contributed by atoms with Gasteiger partial charge in [0.05, 0.1) is 70.0 Å². The quantitative estimate of drug-likeness (QED) is 0.0268. The van der Waals surface area contributed by atoms with E-state index in [0.717, 1.165) is 6.92 Å². The van der Waals surface area contributed by atoms with Gasteiger partial charge >= 0.3 is 0 Å². The molecule has 85 heavy (non-hydrogen) atoms. The summed E-state index contributed by atoms with van der Waals surface area (Å²) in [5.74, 6) is -12.9. The number of aliphatic imine (C=N–C) groups is 1. The van der Waals surface area contributed by atoms with Crippen molar-refractivity contribution in [3.8, 4) is 0 Å². The van der Waals surface area contributed by atoms with Crippen molar-refractivity contribution in [2.45, 2.75) is 157 Å². The van der Waals surface area contributed by atoms with Crippen LogP contribution in [-0.2, 0) is 62.3 Å². The molecule has 4 fully saturated rings. The summed E-state index contributed by atoms with van der Waals surface area (Å²) in [5.41, 5.74) is 10.4. The highest BCUT2D eigenvalue weighted by atomic mass is 16.5. The molecule has 474 valence electrons. The normalized spacial score (nSPS) is 26.5. The second-order valence-electron chi connectivity index (χ2n) is 21.3. The van der Waals surface area contributed by atoms with Crippen LogP contribution in [0.25, 0.3) is 0 Å². The number of aliphatic hydroxyl groups excluding tert-OH is 5. The summed E-state index contributed by atoms with van der Waals surface area (Å²) in [6, 6.07) is -12.1. The first kappa shape index (κ1) is 68.0. The first-order valence-corrected chi connectivity index (χ1v) is 27.5. The fourth-order valence-corrected chi connectivity index (χ4v) is 10.7. The van der Waals surface area contributed by atoms with Crippen molar-refractivity contribution in [1.29, 1.82) is 0 Å². The Morgan fingerprint density at radius 3 is 2.04 bits per heavy atom. The number of amides is 13. The summed E-state index contributed by atoms with van der Waals surface area (Å²) in [4.78, 5) is 171. The number of piperidine rings is 2. The Labute approximate surface area is 484 Å². The summed E-state index contributed by atoms with van der Waals surface area (Å²) >= 11 is 0. The van der Waals surface area contributed by atoms with Crippen molar-refractivity contribution >= 4 is 82.6 Å². The highest BCUT2D eigenvalue weighted by Crippen LogP contribution is 2.32. The van der Waals surface area contributed by atoms with Crippen LogP contribution < -0.4 is 74.9 Å². The van der Waals surface area contributed by atoms with Gasteiger partial charge in [-0.05, 0) is 46.0 Å². The summed E-state index contributed by atoms with van der Waals surface area (Å²) in [6.45, 7) is -1.32. The van der Waals surface area contributed by atoms with Crippen LogP contribution in [-0.4, -0.2) is 266 Å². The second kappa shape index (κ2) is 31.4. The third-order valence-electron chi connectivity index (χ3n) is 15.1. The predicted molar refractivity (Wildman–Crippen MR) is 283 cm³/mol. The molecule has 0 aromatic heterocycles. The molecule has 23 N–H and O–H groups in total. The molecule has 0 aromatic rings. The number of quaternary nitrogens is 1. The molecule has 4 heterocycles. The van der Waals surface area contributed by atoms with Gasteiger partial charge in [0.1, 0.15) is 54.2 Å². The van der Waals surface area contributed by atoms with E-state index in [9.17, 15) is 98.3 Å². The largest absolute Gasteiger partial charge is 0.394 e. The Bertz CT molecular complexity index is 2550. The maximum absolute atomic E-state index is 14.2. The number of fused-ring (bicyclic) bond motifs is 3. The van der Waals surface area contributed by atoms with Crippen molar-refractivity contribution in [2.75, 3.05) is 52.5 Å². The molecule has 16 atom stereocenters. The number of nitrogens with zero attached hydrogens (tertiary/aromatic N) is 3. The smallest absolute Gasteiger partial charge is 0.279 e. The van der Waals surface area contributed by atoms with Gasteiger partial charge in [-0.25, -0.2) is 10.1 Å². The van der Waals surface area contributed by atoms with E-state index in [2.05, 4.69) is 63.5 Å². The molecule has 0 spiro atoms. The van der Waals surface area contributed by atoms with Crippen LogP contribution in [0.5, 0.6) is 0 Å². The lowest BCUT2D eigenvalue weighted by Crippen LogP contribution is -3.29. The zero-order valence-corrected chi connectivity index (χ0v) is 46.6. The lowest BCUT2D eigenvalue weighted by Gasteiger charge is -2.54. The number of amidine groups is 1. The summed E-state index contributed by atoms with van der Waals surface area (Å²) in [7, 11) is 0. The maximum atomic E-state index is 14.2. The van der Waals surface area contributed by atoms with Crippen molar-refractivity contribution < 1.29 is 103 Å². The average Bonchev–Trinajstić information content (AvgIpc) is 2.50. The lowest BCUT2D eigenvalue weighted by molar-refractivity contribution is -0.983. The van der Waals surface area contributed by atoms with Crippen LogP contribution in [0.15, 0.2) is 4.99 Å². The Morgan fingerprint density at radius 2 is 1.39 bits per heavy atom. The number of hydrogen-bond donors (Lipinski definition) is 21. The minimum Gasteiger partial charge on any atom is -0.394 e. The molecule has 3 saturated heterocycles. The van der Waals surface area contributed by atoms with Crippen LogP contribution in [0.3, 0.4) is 0 Å². The SMILES string of the molecule is CC(NC(=O)CNC(=O)C(C)NC(=O)C(CC(N)=O)N(O)C(=O)C(CO)NC(=O)CNC(=O)C1CCN=C(C(CO)NC(=O)C2CCNC3C(NC(=O)CC(O)C(N)=O)CC4CC(O)C(O)CC4[NH+]23)N1)C(=O)NCC(=O)NC1CCCN(O)C1=O. The molecular formula is C48H78N17O20+. The van der Waals surface area contributed by atoms with E-state index in [1.165, 1.54) is 6.92 Å². The van der Waals surface area contributed by atoms with E-state index in [0.29, 0.717) is 22.8 Å². The van der Waals surface area contributed by atoms with E-state index in [1.807, 2.05) is 0 Å². The molecule has 37 heteroatoms. The van der Waals surface area contributed by atoms with E-state index in [-0.39, 0.29) is 74.6 Å². The molecule has 1 saturated carbocycles. The third-order valence-corrected chi connectivity index (χ3v) is 15.1. The van der Waals surface area contributed by atoms with Crippen LogP contribution in [0.4, 0.5) is 0 Å². The third kappa shape index (κ3) is 18.9. The highest BCUT2D eigenvalue weighted by Gasteiger charge is 2.56. The number of carbonyl (C=O) groups excluding carboxylic acids is 13. The molecule has 5 rings (SSSR count). The van der Waals surface area contributed by atoms with E-state index >= 15 is 0 Å². The molecule has 16 unspecified atom stereocenters. The average molecular weight is 1210 g/mol. The van der Waals surface area contributed by atoms with E-state index < -0.39 is 201 Å². The van der Waals surface area contributed by atoms with Crippen molar-refractivity contribution in [3.63, 3.8) is 0 Å². The molecule has 0 bridgehead atoms. The van der Waals surface area contributed by atoms with Crippen LogP contribution in [0.2, 0.25) is 0 Å². The van der Waals surface area contributed by atoms with Gasteiger partial charge in [-0.15, -0.1) is 0 Å². The summed E-state index contributed by atoms with van der Waals surface area (Å²) < 4.78 is 0. The molecule has 5 aliphatic rings. The topological polar surface area (TPSA) is 571 Å². The van der Waals surface area contributed by atoms with E-state index in [4.69, 9.17) is 11.5 Å². The number of primary amides is 2. The first-order chi connectivity index (χ1) is 40.1. The van der Waals surface area contributed by atoms with Crippen molar-refractivity contribution in [2.24, 2.45) is 22.4 Å². The van der Waals surface area contributed by atoms with Crippen LogP contribution >= 0.6 is 0 Å². The van der Waals surface area contributed by atoms with Gasteiger partial charge in [-0.1, -0.05) is 0 Å². The molecule has 13 amide bonds. The monoisotopic (exact) mass is 1210 g/mol. The number of rotatable bonds is 27. The summed E-state index contributed by atoms with van der Waals surface area (Å²) in [6.07, 6.45) is -4.61. The Balaban J connectivity index is 1.09. The standard InChI is InChI=1S/C48H77N17O20/c1-20(42(77)54-16-37(74)58-24-4-3-9-63(84)47(24)82)56-36(73)15-53-43(78)21(2)57-46(81)30(13-34(49)71)65(85)48(83)27(19-67)60-38(75)17-55-44(79)23-5-7-51-40(61-23)26(18-66)62-45(80)28-6-8-52-41-25(59-35(72)14-33(70)39(50)76)10-22-11-31(68)32(69)12-29(22)64(28)41/h20-33,41,52,66-70,84-85H,3-19H2,1-2H3,(H2,49,71)(H2,50,76)(H,51,61)(H,53,78)(H,54,77)(H,55,79)(H,56,73)(H,57,81)(H,58,74)(H,59,72)(H,60,75)(H,62,80)/p+1. The van der Waals surface area contributed by atoms with Gasteiger partial charge in [-0.3, -0.25) is 83.1 Å². The van der Waals surface area contributed by atoms with Gasteiger partial charge in [-0.2, -0.15) is 0 Å². The van der Waals surface area contributed by atoms with Gasteiger partial charge < -0.3 is 95.1 Å². The number of aliphatic hydroxyl groups is 5.